The van der Waals surface area contributed by atoms with Crippen LogP contribution in [-0.4, -0.2) is 80.0 Å². The molecule has 1 amide bonds. The van der Waals surface area contributed by atoms with Crippen LogP contribution in [-0.2, 0) is 4.79 Å². The first kappa shape index (κ1) is 15.7. The number of likely N-dealkylation sites (N-methyl/N-ethyl adjacent to an activating group) is 1. The highest BCUT2D eigenvalue weighted by Crippen LogP contribution is 2.25. The minimum Gasteiger partial charge on any atom is -0.340 e. The molecule has 1 aliphatic carbocycles. The van der Waals surface area contributed by atoms with Gasteiger partial charge in [-0.05, 0) is 26.9 Å². The van der Waals surface area contributed by atoms with Gasteiger partial charge in [-0.2, -0.15) is 0 Å². The molecule has 116 valence electrons. The summed E-state index contributed by atoms with van der Waals surface area (Å²) >= 11 is 0. The van der Waals surface area contributed by atoms with Crippen molar-refractivity contribution in [2.24, 2.45) is 11.7 Å². The predicted molar refractivity (Wildman–Crippen MR) is 81.5 cm³/mol. The lowest BCUT2D eigenvalue weighted by atomic mass is 9.84. The first-order valence-electron chi connectivity index (χ1n) is 7.99. The Bertz CT molecular complexity index is 313. The molecule has 5 nitrogen and oxygen atoms in total. The second-order valence-electron chi connectivity index (χ2n) is 6.53. The van der Waals surface area contributed by atoms with Gasteiger partial charge < -0.3 is 15.5 Å². The molecule has 1 saturated heterocycles. The fourth-order valence-electron chi connectivity index (χ4n) is 3.23. The van der Waals surface area contributed by atoms with Crippen molar-refractivity contribution in [3.05, 3.63) is 0 Å². The number of rotatable bonds is 4. The third-order valence-corrected chi connectivity index (χ3v) is 4.68. The molecular weight excluding hydrogens is 252 g/mol. The number of carbonyl (C=O) groups excluding carboxylic acids is 1. The van der Waals surface area contributed by atoms with Gasteiger partial charge in [-0.25, -0.2) is 0 Å². The molecule has 2 atom stereocenters. The van der Waals surface area contributed by atoms with E-state index in [1.165, 1.54) is 6.42 Å². The van der Waals surface area contributed by atoms with Crippen LogP contribution in [0.4, 0.5) is 0 Å². The number of amides is 1. The second kappa shape index (κ2) is 7.38. The van der Waals surface area contributed by atoms with E-state index >= 15 is 0 Å². The second-order valence-corrected chi connectivity index (χ2v) is 6.53. The van der Waals surface area contributed by atoms with Gasteiger partial charge >= 0.3 is 0 Å². The number of nitrogens with two attached hydrogens (primary N) is 1. The summed E-state index contributed by atoms with van der Waals surface area (Å²) < 4.78 is 0. The lowest BCUT2D eigenvalue weighted by Crippen LogP contribution is -2.53. The van der Waals surface area contributed by atoms with E-state index in [1.54, 1.807) is 0 Å². The van der Waals surface area contributed by atoms with Gasteiger partial charge in [0.15, 0.2) is 0 Å². The Labute approximate surface area is 123 Å². The quantitative estimate of drug-likeness (QED) is 0.801. The van der Waals surface area contributed by atoms with E-state index in [1.807, 2.05) is 4.90 Å². The average Bonchev–Trinajstić information content (AvgIpc) is 2.45. The third kappa shape index (κ3) is 4.17. The molecule has 20 heavy (non-hydrogen) atoms. The van der Waals surface area contributed by atoms with Crippen molar-refractivity contribution >= 4 is 5.91 Å². The minimum atomic E-state index is 0.0806. The summed E-state index contributed by atoms with van der Waals surface area (Å²) in [5.41, 5.74) is 6.13. The van der Waals surface area contributed by atoms with Gasteiger partial charge in [0.1, 0.15) is 0 Å². The van der Waals surface area contributed by atoms with Crippen molar-refractivity contribution in [3.63, 3.8) is 0 Å². The fourth-order valence-corrected chi connectivity index (χ4v) is 3.23. The van der Waals surface area contributed by atoms with Gasteiger partial charge in [0.25, 0.3) is 0 Å². The van der Waals surface area contributed by atoms with Gasteiger partial charge in [0.05, 0.1) is 5.92 Å². The topological polar surface area (TPSA) is 52.8 Å². The van der Waals surface area contributed by atoms with E-state index in [-0.39, 0.29) is 12.0 Å². The molecule has 2 unspecified atom stereocenters. The number of hydrogen-bond acceptors (Lipinski definition) is 4. The number of nitrogens with zero attached hydrogens (tertiary/aromatic N) is 3. The van der Waals surface area contributed by atoms with Gasteiger partial charge in [-0.1, -0.05) is 12.8 Å². The highest BCUT2D eigenvalue weighted by Gasteiger charge is 2.32. The molecule has 1 saturated carbocycles. The predicted octanol–water partition coefficient (Wildman–Crippen LogP) is 0.210. The zero-order valence-corrected chi connectivity index (χ0v) is 13.1. The molecule has 2 N–H and O–H groups in total. The summed E-state index contributed by atoms with van der Waals surface area (Å²) in [6.07, 6.45) is 4.34. The molecule has 0 aromatic carbocycles. The van der Waals surface area contributed by atoms with Crippen LogP contribution in [0.5, 0.6) is 0 Å². The van der Waals surface area contributed by atoms with Crippen molar-refractivity contribution < 1.29 is 4.79 Å². The average molecular weight is 282 g/mol. The van der Waals surface area contributed by atoms with Gasteiger partial charge in [-0.15, -0.1) is 0 Å². The van der Waals surface area contributed by atoms with Crippen molar-refractivity contribution in [1.82, 2.24) is 14.7 Å². The molecule has 1 aliphatic heterocycles. The summed E-state index contributed by atoms with van der Waals surface area (Å²) in [7, 11) is 4.20. The van der Waals surface area contributed by atoms with Crippen molar-refractivity contribution in [3.8, 4) is 0 Å². The molecule has 0 bridgehead atoms. The maximum absolute atomic E-state index is 12.6. The number of carbonyl (C=O) groups is 1. The first-order valence-corrected chi connectivity index (χ1v) is 7.99. The van der Waals surface area contributed by atoms with Crippen molar-refractivity contribution in [2.45, 2.75) is 31.7 Å². The van der Waals surface area contributed by atoms with E-state index in [0.29, 0.717) is 5.91 Å². The lowest BCUT2D eigenvalue weighted by molar-refractivity contribution is -0.138. The summed E-state index contributed by atoms with van der Waals surface area (Å²) in [6, 6.07) is 0.0861. The zero-order chi connectivity index (χ0) is 14.5. The van der Waals surface area contributed by atoms with E-state index in [2.05, 4.69) is 23.9 Å². The standard InChI is InChI=1S/C15H30N4O/c1-17(2)7-8-18-9-11-19(12-10-18)15(20)13-5-3-4-6-14(13)16/h13-14H,3-12,16H2,1-2H3. The summed E-state index contributed by atoms with van der Waals surface area (Å²) in [4.78, 5) is 19.3. The normalized spacial score (nSPS) is 28.9. The Morgan fingerprint density at radius 3 is 2.40 bits per heavy atom. The Balaban J connectivity index is 1.76. The Morgan fingerprint density at radius 1 is 1.15 bits per heavy atom. The van der Waals surface area contributed by atoms with Crippen LogP contribution in [0.3, 0.4) is 0 Å². The van der Waals surface area contributed by atoms with Crippen LogP contribution < -0.4 is 5.73 Å². The Hall–Kier alpha value is -0.650. The van der Waals surface area contributed by atoms with Crippen molar-refractivity contribution in [1.29, 1.82) is 0 Å². The minimum absolute atomic E-state index is 0.0806. The largest absolute Gasteiger partial charge is 0.340 e. The molecule has 0 spiro atoms. The highest BCUT2D eigenvalue weighted by molar-refractivity contribution is 5.79. The molecule has 5 heteroatoms. The molecule has 0 radical (unpaired) electrons. The molecule has 0 aromatic rings. The first-order chi connectivity index (χ1) is 9.58. The monoisotopic (exact) mass is 282 g/mol. The third-order valence-electron chi connectivity index (χ3n) is 4.68. The summed E-state index contributed by atoms with van der Waals surface area (Å²) in [5, 5.41) is 0. The molecule has 1 heterocycles. The molecule has 2 rings (SSSR count). The Morgan fingerprint density at radius 2 is 1.80 bits per heavy atom. The SMILES string of the molecule is CN(C)CCN1CCN(C(=O)C2CCCCC2N)CC1. The van der Waals surface area contributed by atoms with Gasteiger partial charge in [0.2, 0.25) is 5.91 Å². The molecule has 0 aromatic heterocycles. The molecule has 2 aliphatic rings. The summed E-state index contributed by atoms with van der Waals surface area (Å²) in [5.74, 6) is 0.390. The van der Waals surface area contributed by atoms with Gasteiger partial charge in [0, 0.05) is 45.3 Å². The van der Waals surface area contributed by atoms with E-state index < -0.39 is 0 Å². The van der Waals surface area contributed by atoms with Crippen LogP contribution in [0.2, 0.25) is 0 Å². The van der Waals surface area contributed by atoms with Gasteiger partial charge in [-0.3, -0.25) is 9.69 Å². The number of hydrogen-bond donors (Lipinski definition) is 1. The molecular formula is C15H30N4O. The lowest BCUT2D eigenvalue weighted by Gasteiger charge is -2.38. The van der Waals surface area contributed by atoms with Crippen LogP contribution in [0.25, 0.3) is 0 Å². The number of piperazine rings is 1. The molecule has 2 fully saturated rings. The van der Waals surface area contributed by atoms with Crippen LogP contribution >= 0.6 is 0 Å². The zero-order valence-electron chi connectivity index (χ0n) is 13.1. The van der Waals surface area contributed by atoms with Crippen LogP contribution in [0, 0.1) is 5.92 Å². The van der Waals surface area contributed by atoms with Crippen LogP contribution in [0.15, 0.2) is 0 Å². The van der Waals surface area contributed by atoms with E-state index in [0.717, 1.165) is 58.5 Å². The van der Waals surface area contributed by atoms with E-state index in [4.69, 9.17) is 5.73 Å². The Kier molecular flexibility index (Phi) is 5.81. The van der Waals surface area contributed by atoms with Crippen LogP contribution in [0.1, 0.15) is 25.7 Å². The maximum atomic E-state index is 12.6. The highest BCUT2D eigenvalue weighted by atomic mass is 16.2. The smallest absolute Gasteiger partial charge is 0.227 e. The fraction of sp³-hybridized carbons (Fsp3) is 0.933. The summed E-state index contributed by atoms with van der Waals surface area (Å²) in [6.45, 7) is 5.92. The van der Waals surface area contributed by atoms with Crippen molar-refractivity contribution in [2.75, 3.05) is 53.4 Å². The van der Waals surface area contributed by atoms with E-state index in [9.17, 15) is 4.79 Å². The maximum Gasteiger partial charge on any atom is 0.227 e.